The van der Waals surface area contributed by atoms with Crippen LogP contribution in [0.2, 0.25) is 0 Å². The summed E-state index contributed by atoms with van der Waals surface area (Å²) in [5.41, 5.74) is 0. The van der Waals surface area contributed by atoms with E-state index in [0.717, 1.165) is 6.26 Å². The van der Waals surface area contributed by atoms with Gasteiger partial charge >= 0.3 is 0 Å². The summed E-state index contributed by atoms with van der Waals surface area (Å²) < 4.78 is 35.6. The summed E-state index contributed by atoms with van der Waals surface area (Å²) in [7, 11) is -0.192. The van der Waals surface area contributed by atoms with Crippen LogP contribution in [-0.2, 0) is 23.8 Å². The Kier molecular flexibility index (Phi) is 7.59. The van der Waals surface area contributed by atoms with Gasteiger partial charge < -0.3 is 9.47 Å². The standard InChI is InChI=1S/C9H18O5S/c1-12-9(13-2)7-5-4-6-8-14-15(3,10)11/h4-5,9H,6-8H2,1-3H3/b5-4-. The van der Waals surface area contributed by atoms with Gasteiger partial charge in [-0.05, 0) is 6.42 Å². The second-order valence-electron chi connectivity index (χ2n) is 2.92. The van der Waals surface area contributed by atoms with Gasteiger partial charge in [0.25, 0.3) is 10.1 Å². The molecule has 0 atom stereocenters. The molecule has 5 nitrogen and oxygen atoms in total. The molecule has 6 heteroatoms. The van der Waals surface area contributed by atoms with Crippen molar-refractivity contribution in [3.05, 3.63) is 12.2 Å². The molecule has 0 aromatic rings. The summed E-state index contributed by atoms with van der Waals surface area (Å²) in [6, 6.07) is 0. The molecule has 0 aliphatic rings. The minimum absolute atomic E-state index is 0.167. The van der Waals surface area contributed by atoms with Gasteiger partial charge in [0.15, 0.2) is 6.29 Å². The smallest absolute Gasteiger partial charge is 0.264 e. The monoisotopic (exact) mass is 238 g/mol. The van der Waals surface area contributed by atoms with Crippen LogP contribution in [0.25, 0.3) is 0 Å². The Morgan fingerprint density at radius 3 is 2.27 bits per heavy atom. The third-order valence-corrected chi connectivity index (χ3v) is 2.20. The third-order valence-electron chi connectivity index (χ3n) is 1.60. The van der Waals surface area contributed by atoms with Crippen molar-refractivity contribution in [1.29, 1.82) is 0 Å². The van der Waals surface area contributed by atoms with Gasteiger partial charge in [0.2, 0.25) is 0 Å². The van der Waals surface area contributed by atoms with Crippen LogP contribution in [0, 0.1) is 0 Å². The highest BCUT2D eigenvalue weighted by Gasteiger charge is 2.01. The van der Waals surface area contributed by atoms with Crippen molar-refractivity contribution in [2.75, 3.05) is 27.1 Å². The van der Waals surface area contributed by atoms with Gasteiger partial charge in [-0.2, -0.15) is 8.42 Å². The first-order chi connectivity index (χ1) is 6.99. The number of methoxy groups -OCH3 is 2. The van der Waals surface area contributed by atoms with Crippen LogP contribution in [0.4, 0.5) is 0 Å². The molecule has 0 aromatic carbocycles. The van der Waals surface area contributed by atoms with E-state index in [-0.39, 0.29) is 12.9 Å². The molecule has 0 heterocycles. The fraction of sp³-hybridized carbons (Fsp3) is 0.778. The molecule has 0 saturated carbocycles. The lowest BCUT2D eigenvalue weighted by Crippen LogP contribution is -2.11. The molecule has 0 saturated heterocycles. The highest BCUT2D eigenvalue weighted by molar-refractivity contribution is 7.85. The topological polar surface area (TPSA) is 61.8 Å². The maximum Gasteiger partial charge on any atom is 0.264 e. The number of ether oxygens (including phenoxy) is 2. The predicted octanol–water partition coefficient (Wildman–Crippen LogP) is 0.918. The maximum absolute atomic E-state index is 10.6. The van der Waals surface area contributed by atoms with E-state index in [1.807, 2.05) is 12.2 Å². The van der Waals surface area contributed by atoms with Crippen molar-refractivity contribution in [2.24, 2.45) is 0 Å². The summed E-state index contributed by atoms with van der Waals surface area (Å²) in [5.74, 6) is 0. The summed E-state index contributed by atoms with van der Waals surface area (Å²) in [6.07, 6.45) is 5.65. The van der Waals surface area contributed by atoms with E-state index >= 15 is 0 Å². The number of rotatable bonds is 8. The average molecular weight is 238 g/mol. The molecule has 0 bridgehead atoms. The summed E-state index contributed by atoms with van der Waals surface area (Å²) in [5, 5.41) is 0. The van der Waals surface area contributed by atoms with Gasteiger partial charge in [-0.15, -0.1) is 0 Å². The van der Waals surface area contributed by atoms with Crippen molar-refractivity contribution in [1.82, 2.24) is 0 Å². The van der Waals surface area contributed by atoms with E-state index in [2.05, 4.69) is 4.18 Å². The third kappa shape index (κ3) is 9.86. The van der Waals surface area contributed by atoms with Crippen LogP contribution in [0.5, 0.6) is 0 Å². The second kappa shape index (κ2) is 7.81. The van der Waals surface area contributed by atoms with Crippen LogP contribution in [0.15, 0.2) is 12.2 Å². The zero-order valence-corrected chi connectivity index (χ0v) is 10.1. The molecule has 0 fully saturated rings. The first-order valence-electron chi connectivity index (χ1n) is 4.54. The molecular formula is C9H18O5S. The molecular weight excluding hydrogens is 220 g/mol. The van der Waals surface area contributed by atoms with Crippen molar-refractivity contribution in [3.8, 4) is 0 Å². The van der Waals surface area contributed by atoms with E-state index in [4.69, 9.17) is 9.47 Å². The first kappa shape index (κ1) is 14.6. The molecule has 0 unspecified atom stereocenters. The molecule has 0 aliphatic heterocycles. The Labute approximate surface area is 91.1 Å². The van der Waals surface area contributed by atoms with Crippen LogP contribution in [0.1, 0.15) is 12.8 Å². The predicted molar refractivity (Wildman–Crippen MR) is 57.0 cm³/mol. The van der Waals surface area contributed by atoms with E-state index in [1.54, 1.807) is 14.2 Å². The lowest BCUT2D eigenvalue weighted by molar-refractivity contribution is -0.0986. The van der Waals surface area contributed by atoms with Gasteiger partial charge in [0.1, 0.15) is 0 Å². The molecule has 90 valence electrons. The van der Waals surface area contributed by atoms with Gasteiger partial charge in [-0.25, -0.2) is 0 Å². The minimum Gasteiger partial charge on any atom is -0.356 e. The summed E-state index contributed by atoms with van der Waals surface area (Å²) >= 11 is 0. The number of hydrogen-bond acceptors (Lipinski definition) is 5. The molecule has 0 spiro atoms. The largest absolute Gasteiger partial charge is 0.356 e. The van der Waals surface area contributed by atoms with Crippen LogP contribution >= 0.6 is 0 Å². The summed E-state index contributed by atoms with van der Waals surface area (Å²) in [4.78, 5) is 0. The first-order valence-corrected chi connectivity index (χ1v) is 6.36. The van der Waals surface area contributed by atoms with Gasteiger partial charge in [0.05, 0.1) is 12.9 Å². The lowest BCUT2D eigenvalue weighted by atomic mass is 10.3. The van der Waals surface area contributed by atoms with E-state index in [9.17, 15) is 8.42 Å². The zero-order chi connectivity index (χ0) is 11.7. The molecule has 0 amide bonds. The Balaban J connectivity index is 3.55. The van der Waals surface area contributed by atoms with Crippen molar-refractivity contribution in [3.63, 3.8) is 0 Å². The fourth-order valence-corrected chi connectivity index (χ4v) is 1.28. The number of hydrogen-bond donors (Lipinski definition) is 0. The average Bonchev–Trinajstić information content (AvgIpc) is 2.15. The Morgan fingerprint density at radius 2 is 1.80 bits per heavy atom. The molecule has 0 rings (SSSR count). The maximum atomic E-state index is 10.6. The SMILES string of the molecule is COC(C/C=C\CCOS(C)(=O)=O)OC. The lowest BCUT2D eigenvalue weighted by Gasteiger charge is -2.09. The Bertz CT molecular complexity index is 266. The second-order valence-corrected chi connectivity index (χ2v) is 4.57. The van der Waals surface area contributed by atoms with E-state index in [0.29, 0.717) is 12.8 Å². The Morgan fingerprint density at radius 1 is 1.20 bits per heavy atom. The molecule has 0 aliphatic carbocycles. The zero-order valence-electron chi connectivity index (χ0n) is 9.30. The highest BCUT2D eigenvalue weighted by Crippen LogP contribution is 2.00. The van der Waals surface area contributed by atoms with Gasteiger partial charge in [-0.3, -0.25) is 4.18 Å². The minimum atomic E-state index is -3.32. The van der Waals surface area contributed by atoms with Gasteiger partial charge in [0, 0.05) is 20.6 Å². The van der Waals surface area contributed by atoms with Crippen molar-refractivity contribution >= 4 is 10.1 Å². The van der Waals surface area contributed by atoms with Crippen molar-refractivity contribution < 1.29 is 22.1 Å². The Hall–Kier alpha value is -0.430. The quantitative estimate of drug-likeness (QED) is 0.272. The normalized spacial score (nSPS) is 12.8. The molecule has 0 N–H and O–H groups in total. The highest BCUT2D eigenvalue weighted by atomic mass is 32.2. The van der Waals surface area contributed by atoms with Crippen LogP contribution < -0.4 is 0 Å². The fourth-order valence-electron chi connectivity index (χ4n) is 0.881. The summed E-state index contributed by atoms with van der Waals surface area (Å²) in [6.45, 7) is 0.167. The van der Waals surface area contributed by atoms with Gasteiger partial charge in [-0.1, -0.05) is 12.2 Å². The van der Waals surface area contributed by atoms with E-state index < -0.39 is 10.1 Å². The van der Waals surface area contributed by atoms with Crippen molar-refractivity contribution in [2.45, 2.75) is 19.1 Å². The molecule has 0 radical (unpaired) electrons. The van der Waals surface area contributed by atoms with E-state index in [1.165, 1.54) is 0 Å². The van der Waals surface area contributed by atoms with Crippen LogP contribution in [0.3, 0.4) is 0 Å². The molecule has 15 heavy (non-hydrogen) atoms. The van der Waals surface area contributed by atoms with Crippen LogP contribution in [-0.4, -0.2) is 41.8 Å². The molecule has 0 aromatic heterocycles.